The van der Waals surface area contributed by atoms with E-state index in [1.165, 1.54) is 6.33 Å². The Balaban J connectivity index is 1.51. The molecule has 0 spiro atoms. The third kappa shape index (κ3) is 5.44. The highest BCUT2D eigenvalue weighted by Crippen LogP contribution is 2.14. The lowest BCUT2D eigenvalue weighted by Gasteiger charge is -2.04. The number of nitrogens with one attached hydrogen (secondary N) is 2. The van der Waals surface area contributed by atoms with Crippen LogP contribution in [0.1, 0.15) is 25.7 Å². The Labute approximate surface area is 122 Å². The van der Waals surface area contributed by atoms with Gasteiger partial charge in [-0.15, -0.1) is 0 Å². The zero-order valence-electron chi connectivity index (χ0n) is 11.2. The first-order valence-corrected chi connectivity index (χ1v) is 7.66. The number of nitrogens with zero attached hydrogens (tertiary/aromatic N) is 2. The molecule has 0 saturated heterocycles. The zero-order valence-corrected chi connectivity index (χ0v) is 12.0. The number of amides is 1. The van der Waals surface area contributed by atoms with E-state index in [0.717, 1.165) is 35.9 Å². The third-order valence-corrected chi connectivity index (χ3v) is 3.70. The summed E-state index contributed by atoms with van der Waals surface area (Å²) in [5, 5.41) is 10.3. The van der Waals surface area contributed by atoms with Gasteiger partial charge in [0, 0.05) is 17.9 Å². The molecule has 0 unspecified atom stereocenters. The van der Waals surface area contributed by atoms with Crippen molar-refractivity contribution in [2.24, 2.45) is 0 Å². The summed E-state index contributed by atoms with van der Waals surface area (Å²) in [5.74, 6) is 1.08. The van der Waals surface area contributed by atoms with Gasteiger partial charge in [-0.05, 0) is 25.0 Å². The molecular formula is C14H18N4OS. The summed E-state index contributed by atoms with van der Waals surface area (Å²) in [5.41, 5.74) is 0.860. The first kappa shape index (κ1) is 14.6. The van der Waals surface area contributed by atoms with Crippen LogP contribution in [0.2, 0.25) is 0 Å². The minimum Gasteiger partial charge on any atom is -0.326 e. The SMILES string of the molecule is O=C(CCCCCSc1ncn[nH]1)Nc1ccccc1. The van der Waals surface area contributed by atoms with Crippen molar-refractivity contribution in [3.8, 4) is 0 Å². The van der Waals surface area contributed by atoms with Gasteiger partial charge in [0.05, 0.1) is 0 Å². The van der Waals surface area contributed by atoms with E-state index >= 15 is 0 Å². The van der Waals surface area contributed by atoms with E-state index in [2.05, 4.69) is 20.5 Å². The molecule has 0 aliphatic heterocycles. The van der Waals surface area contributed by atoms with Crippen LogP contribution >= 0.6 is 11.8 Å². The van der Waals surface area contributed by atoms with Crippen LogP contribution in [0.15, 0.2) is 41.8 Å². The van der Waals surface area contributed by atoms with Crippen LogP contribution in [0.4, 0.5) is 5.69 Å². The molecule has 2 rings (SSSR count). The Morgan fingerprint density at radius 2 is 2.05 bits per heavy atom. The molecule has 0 radical (unpaired) electrons. The number of hydrogen-bond donors (Lipinski definition) is 2. The number of aromatic amines is 1. The van der Waals surface area contributed by atoms with Gasteiger partial charge in [0.2, 0.25) is 5.91 Å². The highest BCUT2D eigenvalue weighted by atomic mass is 32.2. The molecule has 20 heavy (non-hydrogen) atoms. The monoisotopic (exact) mass is 290 g/mol. The second-order valence-electron chi connectivity index (χ2n) is 4.36. The Morgan fingerprint density at radius 1 is 1.20 bits per heavy atom. The summed E-state index contributed by atoms with van der Waals surface area (Å²) in [7, 11) is 0. The maximum Gasteiger partial charge on any atom is 0.224 e. The second kappa shape index (κ2) is 8.37. The maximum absolute atomic E-state index is 11.7. The number of carbonyl (C=O) groups excluding carboxylic acids is 1. The number of H-pyrrole nitrogens is 1. The normalized spacial score (nSPS) is 10.4. The van der Waals surface area contributed by atoms with Gasteiger partial charge >= 0.3 is 0 Å². The molecule has 106 valence electrons. The van der Waals surface area contributed by atoms with Gasteiger partial charge in [0.15, 0.2) is 5.16 Å². The van der Waals surface area contributed by atoms with Crippen LogP contribution in [0.5, 0.6) is 0 Å². The lowest BCUT2D eigenvalue weighted by atomic mass is 10.2. The van der Waals surface area contributed by atoms with E-state index in [4.69, 9.17) is 0 Å². The maximum atomic E-state index is 11.7. The number of rotatable bonds is 8. The molecule has 6 heteroatoms. The van der Waals surface area contributed by atoms with Gasteiger partial charge in [0.1, 0.15) is 6.33 Å². The van der Waals surface area contributed by atoms with E-state index in [-0.39, 0.29) is 5.91 Å². The molecule has 0 fully saturated rings. The number of benzene rings is 1. The molecule has 1 aromatic carbocycles. The van der Waals surface area contributed by atoms with Crippen molar-refractivity contribution in [1.82, 2.24) is 15.2 Å². The molecule has 0 aliphatic carbocycles. The summed E-state index contributed by atoms with van der Waals surface area (Å²) < 4.78 is 0. The Bertz CT molecular complexity index is 501. The smallest absolute Gasteiger partial charge is 0.224 e. The second-order valence-corrected chi connectivity index (χ2v) is 5.45. The van der Waals surface area contributed by atoms with Gasteiger partial charge < -0.3 is 5.32 Å². The molecule has 0 atom stereocenters. The molecule has 0 aliphatic rings. The van der Waals surface area contributed by atoms with E-state index in [0.29, 0.717) is 6.42 Å². The molecular weight excluding hydrogens is 272 g/mol. The Morgan fingerprint density at radius 3 is 2.80 bits per heavy atom. The number of para-hydroxylation sites is 1. The minimum absolute atomic E-state index is 0.0825. The molecule has 1 amide bonds. The fourth-order valence-corrected chi connectivity index (χ4v) is 2.52. The molecule has 5 nitrogen and oxygen atoms in total. The fourth-order valence-electron chi connectivity index (χ4n) is 1.74. The van der Waals surface area contributed by atoms with Crippen molar-refractivity contribution in [3.05, 3.63) is 36.7 Å². The standard InChI is InChI=1S/C14H18N4OS/c19-13(17-12-7-3-1-4-8-12)9-5-2-6-10-20-14-15-11-16-18-14/h1,3-4,7-8,11H,2,5-6,9-10H2,(H,17,19)(H,15,16,18). The summed E-state index contributed by atoms with van der Waals surface area (Å²) >= 11 is 1.66. The van der Waals surface area contributed by atoms with Crippen LogP contribution in [0.3, 0.4) is 0 Å². The number of anilines is 1. The van der Waals surface area contributed by atoms with Crippen LogP contribution < -0.4 is 5.32 Å². The van der Waals surface area contributed by atoms with Gasteiger partial charge in [-0.25, -0.2) is 4.98 Å². The number of thioether (sulfide) groups is 1. The van der Waals surface area contributed by atoms with Gasteiger partial charge in [-0.2, -0.15) is 5.10 Å². The third-order valence-electron chi connectivity index (χ3n) is 2.74. The largest absolute Gasteiger partial charge is 0.326 e. The summed E-state index contributed by atoms with van der Waals surface area (Å²) in [6, 6.07) is 9.55. The van der Waals surface area contributed by atoms with Crippen LogP contribution in [0, 0.1) is 0 Å². The first-order chi connectivity index (χ1) is 9.84. The number of unbranched alkanes of at least 4 members (excludes halogenated alkanes) is 2. The van der Waals surface area contributed by atoms with Crippen molar-refractivity contribution in [2.45, 2.75) is 30.8 Å². The number of carbonyl (C=O) groups is 1. The summed E-state index contributed by atoms with van der Waals surface area (Å²) in [4.78, 5) is 15.7. The van der Waals surface area contributed by atoms with Crippen LogP contribution in [-0.4, -0.2) is 26.8 Å². The lowest BCUT2D eigenvalue weighted by Crippen LogP contribution is -2.10. The van der Waals surface area contributed by atoms with Crippen molar-refractivity contribution in [3.63, 3.8) is 0 Å². The van der Waals surface area contributed by atoms with E-state index in [1.54, 1.807) is 11.8 Å². The average molecular weight is 290 g/mol. The van der Waals surface area contributed by atoms with Gasteiger partial charge in [-0.1, -0.05) is 36.4 Å². The Hall–Kier alpha value is -1.82. The first-order valence-electron chi connectivity index (χ1n) is 6.67. The topological polar surface area (TPSA) is 70.7 Å². The van der Waals surface area contributed by atoms with Gasteiger partial charge in [0.25, 0.3) is 0 Å². The molecule has 0 saturated carbocycles. The number of hydrogen-bond acceptors (Lipinski definition) is 4. The van der Waals surface area contributed by atoms with E-state index in [1.807, 2.05) is 30.3 Å². The quantitative estimate of drug-likeness (QED) is 0.579. The Kier molecular flexibility index (Phi) is 6.10. The molecule has 1 aromatic heterocycles. The van der Waals surface area contributed by atoms with Crippen molar-refractivity contribution in [2.75, 3.05) is 11.1 Å². The van der Waals surface area contributed by atoms with Crippen LogP contribution in [-0.2, 0) is 4.79 Å². The van der Waals surface area contributed by atoms with E-state index in [9.17, 15) is 4.79 Å². The molecule has 1 heterocycles. The highest BCUT2D eigenvalue weighted by Gasteiger charge is 2.02. The predicted octanol–water partition coefficient (Wildman–Crippen LogP) is 3.10. The molecule has 2 N–H and O–H groups in total. The molecule has 2 aromatic rings. The predicted molar refractivity (Wildman–Crippen MR) is 80.6 cm³/mol. The lowest BCUT2D eigenvalue weighted by molar-refractivity contribution is -0.116. The average Bonchev–Trinajstić information content (AvgIpc) is 2.97. The van der Waals surface area contributed by atoms with Crippen molar-refractivity contribution >= 4 is 23.4 Å². The van der Waals surface area contributed by atoms with Crippen molar-refractivity contribution < 1.29 is 4.79 Å². The summed E-state index contributed by atoms with van der Waals surface area (Å²) in [6.07, 6.45) is 5.11. The highest BCUT2D eigenvalue weighted by molar-refractivity contribution is 7.99. The minimum atomic E-state index is 0.0825. The van der Waals surface area contributed by atoms with Crippen LogP contribution in [0.25, 0.3) is 0 Å². The van der Waals surface area contributed by atoms with Crippen molar-refractivity contribution in [1.29, 1.82) is 0 Å². The zero-order chi connectivity index (χ0) is 14.0. The summed E-state index contributed by atoms with van der Waals surface area (Å²) in [6.45, 7) is 0. The van der Waals surface area contributed by atoms with Gasteiger partial charge in [-0.3, -0.25) is 9.89 Å². The molecule has 0 bridgehead atoms. The number of aromatic nitrogens is 3. The fraction of sp³-hybridized carbons (Fsp3) is 0.357. The van der Waals surface area contributed by atoms with E-state index < -0.39 is 0 Å².